The van der Waals surface area contributed by atoms with E-state index in [1.165, 1.54) is 4.90 Å². The Morgan fingerprint density at radius 3 is 2.85 bits per heavy atom. The molecule has 1 fully saturated rings. The van der Waals surface area contributed by atoms with Gasteiger partial charge in [0.15, 0.2) is 5.76 Å². The van der Waals surface area contributed by atoms with Gasteiger partial charge in [0.1, 0.15) is 18.2 Å². The van der Waals surface area contributed by atoms with Gasteiger partial charge < -0.3 is 9.32 Å². The van der Waals surface area contributed by atoms with Crippen LogP contribution in [0.3, 0.4) is 0 Å². The van der Waals surface area contributed by atoms with Crippen molar-refractivity contribution in [3.8, 4) is 0 Å². The summed E-state index contributed by atoms with van der Waals surface area (Å²) in [6.07, 6.45) is 0. The molecule has 0 saturated carbocycles. The Morgan fingerprint density at radius 1 is 1.35 bits per heavy atom. The SMILES string of the molecule is CC1C(=O)NC(=O)CN1C(=O)c1cc2ccccc2o1. The van der Waals surface area contributed by atoms with Gasteiger partial charge in [-0.1, -0.05) is 18.2 Å². The van der Waals surface area contributed by atoms with Gasteiger partial charge in [-0.3, -0.25) is 19.7 Å². The number of para-hydroxylation sites is 1. The predicted octanol–water partition coefficient (Wildman–Crippen LogP) is 0.920. The first kappa shape index (κ1) is 12.4. The molecule has 1 unspecified atom stereocenters. The summed E-state index contributed by atoms with van der Waals surface area (Å²) in [5, 5.41) is 2.99. The maximum Gasteiger partial charge on any atom is 0.290 e. The standard InChI is InChI=1S/C14H12N2O4/c1-8-13(18)15-12(17)7-16(8)14(19)11-6-9-4-2-3-5-10(9)20-11/h2-6,8H,7H2,1H3,(H,15,17,18). The second-order valence-corrected chi connectivity index (χ2v) is 4.67. The molecule has 0 bridgehead atoms. The number of imide groups is 1. The van der Waals surface area contributed by atoms with Crippen LogP contribution in [0.4, 0.5) is 0 Å². The Bertz CT molecular complexity index is 686. The maximum atomic E-state index is 12.4. The lowest BCUT2D eigenvalue weighted by molar-refractivity contribution is -0.138. The number of fused-ring (bicyclic) bond motifs is 1. The van der Waals surface area contributed by atoms with E-state index in [4.69, 9.17) is 4.42 Å². The highest BCUT2D eigenvalue weighted by molar-refractivity contribution is 6.07. The zero-order valence-corrected chi connectivity index (χ0v) is 10.8. The van der Waals surface area contributed by atoms with E-state index in [1.54, 1.807) is 25.1 Å². The first-order chi connectivity index (χ1) is 9.56. The van der Waals surface area contributed by atoms with Crippen LogP contribution in [0.5, 0.6) is 0 Å². The van der Waals surface area contributed by atoms with Crippen LogP contribution in [-0.4, -0.2) is 35.2 Å². The number of rotatable bonds is 1. The van der Waals surface area contributed by atoms with Crippen molar-refractivity contribution in [2.24, 2.45) is 0 Å². The van der Waals surface area contributed by atoms with Gasteiger partial charge in [-0.15, -0.1) is 0 Å². The summed E-state index contributed by atoms with van der Waals surface area (Å²) in [5.41, 5.74) is 0.594. The maximum absolute atomic E-state index is 12.4. The van der Waals surface area contributed by atoms with Crippen LogP contribution in [0.1, 0.15) is 17.5 Å². The van der Waals surface area contributed by atoms with Gasteiger partial charge in [-0.25, -0.2) is 0 Å². The molecule has 102 valence electrons. The van der Waals surface area contributed by atoms with E-state index in [9.17, 15) is 14.4 Å². The quantitative estimate of drug-likeness (QED) is 0.783. The van der Waals surface area contributed by atoms with Crippen LogP contribution >= 0.6 is 0 Å². The van der Waals surface area contributed by atoms with Gasteiger partial charge in [0.05, 0.1) is 0 Å². The number of hydrogen-bond acceptors (Lipinski definition) is 4. The van der Waals surface area contributed by atoms with E-state index in [0.29, 0.717) is 5.58 Å². The molecule has 1 saturated heterocycles. The fourth-order valence-corrected chi connectivity index (χ4v) is 2.19. The van der Waals surface area contributed by atoms with Gasteiger partial charge in [-0.05, 0) is 19.1 Å². The Hall–Kier alpha value is -2.63. The fraction of sp³-hybridized carbons (Fsp3) is 0.214. The molecule has 1 atom stereocenters. The monoisotopic (exact) mass is 272 g/mol. The third kappa shape index (κ3) is 1.95. The summed E-state index contributed by atoms with van der Waals surface area (Å²) in [6, 6.07) is 8.14. The summed E-state index contributed by atoms with van der Waals surface area (Å²) in [4.78, 5) is 36.5. The lowest BCUT2D eigenvalue weighted by atomic mass is 10.2. The molecule has 0 aliphatic carbocycles. The summed E-state index contributed by atoms with van der Waals surface area (Å²) < 4.78 is 5.47. The Labute approximate surface area is 114 Å². The van der Waals surface area contributed by atoms with Crippen molar-refractivity contribution < 1.29 is 18.8 Å². The van der Waals surface area contributed by atoms with E-state index in [0.717, 1.165) is 5.39 Å². The van der Waals surface area contributed by atoms with Gasteiger partial charge >= 0.3 is 0 Å². The molecular weight excluding hydrogens is 260 g/mol. The van der Waals surface area contributed by atoms with E-state index < -0.39 is 23.8 Å². The number of nitrogens with one attached hydrogen (secondary N) is 1. The topological polar surface area (TPSA) is 79.6 Å². The molecule has 2 aromatic rings. The lowest BCUT2D eigenvalue weighted by Gasteiger charge is -2.30. The lowest BCUT2D eigenvalue weighted by Crippen LogP contribution is -2.58. The highest BCUT2D eigenvalue weighted by atomic mass is 16.3. The van der Waals surface area contributed by atoms with Crippen LogP contribution in [0.2, 0.25) is 0 Å². The van der Waals surface area contributed by atoms with Gasteiger partial charge in [0.2, 0.25) is 11.8 Å². The van der Waals surface area contributed by atoms with E-state index >= 15 is 0 Å². The number of benzene rings is 1. The molecule has 3 amide bonds. The molecule has 1 aromatic carbocycles. The molecule has 1 N–H and O–H groups in total. The average Bonchev–Trinajstić information content (AvgIpc) is 2.86. The van der Waals surface area contributed by atoms with Crippen molar-refractivity contribution in [2.75, 3.05) is 6.54 Å². The van der Waals surface area contributed by atoms with Crippen LogP contribution in [-0.2, 0) is 9.59 Å². The number of carbonyl (C=O) groups is 3. The molecular formula is C14H12N2O4. The van der Waals surface area contributed by atoms with Gasteiger partial charge in [0, 0.05) is 5.39 Å². The van der Waals surface area contributed by atoms with E-state index in [2.05, 4.69) is 5.32 Å². The minimum Gasteiger partial charge on any atom is -0.451 e. The second kappa shape index (κ2) is 4.48. The van der Waals surface area contributed by atoms with Crippen molar-refractivity contribution in [1.29, 1.82) is 0 Å². The van der Waals surface area contributed by atoms with Crippen LogP contribution in [0.25, 0.3) is 11.0 Å². The molecule has 3 rings (SSSR count). The molecule has 0 radical (unpaired) electrons. The number of piperazine rings is 1. The number of furan rings is 1. The molecule has 0 spiro atoms. The van der Waals surface area contributed by atoms with E-state index in [1.807, 2.05) is 12.1 Å². The van der Waals surface area contributed by atoms with Crippen molar-refractivity contribution in [3.63, 3.8) is 0 Å². The molecule has 6 heteroatoms. The second-order valence-electron chi connectivity index (χ2n) is 4.67. The summed E-state index contributed by atoms with van der Waals surface area (Å²) >= 11 is 0. The number of hydrogen-bond donors (Lipinski definition) is 1. The molecule has 2 heterocycles. The number of nitrogens with zero attached hydrogens (tertiary/aromatic N) is 1. The van der Waals surface area contributed by atoms with Crippen molar-refractivity contribution in [2.45, 2.75) is 13.0 Å². The molecule has 6 nitrogen and oxygen atoms in total. The molecule has 1 aliphatic rings. The minimum absolute atomic E-state index is 0.126. The summed E-state index contributed by atoms with van der Waals surface area (Å²) in [6.45, 7) is 1.42. The average molecular weight is 272 g/mol. The summed E-state index contributed by atoms with van der Waals surface area (Å²) in [5.74, 6) is -1.30. The highest BCUT2D eigenvalue weighted by Gasteiger charge is 2.35. The van der Waals surface area contributed by atoms with E-state index in [-0.39, 0.29) is 12.3 Å². The number of carbonyl (C=O) groups excluding carboxylic acids is 3. The largest absolute Gasteiger partial charge is 0.451 e. The Kier molecular flexibility index (Phi) is 2.78. The normalized spacial score (nSPS) is 19.2. The molecule has 1 aliphatic heterocycles. The van der Waals surface area contributed by atoms with Crippen molar-refractivity contribution >= 4 is 28.7 Å². The zero-order valence-electron chi connectivity index (χ0n) is 10.8. The molecule has 1 aromatic heterocycles. The van der Waals surface area contributed by atoms with Crippen molar-refractivity contribution in [1.82, 2.24) is 10.2 Å². The highest BCUT2D eigenvalue weighted by Crippen LogP contribution is 2.21. The number of amides is 3. The van der Waals surface area contributed by atoms with Crippen LogP contribution in [0, 0.1) is 0 Å². The summed E-state index contributed by atoms with van der Waals surface area (Å²) in [7, 11) is 0. The molecule has 20 heavy (non-hydrogen) atoms. The fourth-order valence-electron chi connectivity index (χ4n) is 2.19. The van der Waals surface area contributed by atoms with Crippen LogP contribution < -0.4 is 5.32 Å². The first-order valence-corrected chi connectivity index (χ1v) is 6.19. The predicted molar refractivity (Wildman–Crippen MR) is 69.9 cm³/mol. The Balaban J connectivity index is 1.94. The zero-order chi connectivity index (χ0) is 14.3. The smallest absolute Gasteiger partial charge is 0.290 e. The van der Waals surface area contributed by atoms with Gasteiger partial charge in [0.25, 0.3) is 5.91 Å². The van der Waals surface area contributed by atoms with Crippen molar-refractivity contribution in [3.05, 3.63) is 36.1 Å². The van der Waals surface area contributed by atoms with Crippen LogP contribution in [0.15, 0.2) is 34.7 Å². The minimum atomic E-state index is -0.701. The van der Waals surface area contributed by atoms with Gasteiger partial charge in [-0.2, -0.15) is 0 Å². The Morgan fingerprint density at radius 2 is 2.10 bits per heavy atom. The first-order valence-electron chi connectivity index (χ1n) is 6.19. The third-order valence-corrected chi connectivity index (χ3v) is 3.32. The third-order valence-electron chi connectivity index (χ3n) is 3.32.